The van der Waals surface area contributed by atoms with Crippen LogP contribution >= 0.6 is 0 Å². The maximum absolute atomic E-state index is 12.5. The Bertz CT molecular complexity index is 775. The fourth-order valence-electron chi connectivity index (χ4n) is 2.76. The number of hydrogen-bond donors (Lipinski definition) is 2. The first kappa shape index (κ1) is 25.7. The van der Waals surface area contributed by atoms with Crippen molar-refractivity contribution in [2.24, 2.45) is 5.92 Å². The van der Waals surface area contributed by atoms with Crippen molar-refractivity contribution in [1.82, 2.24) is 5.32 Å². The smallest absolute Gasteiger partial charge is 0.328 e. The molecule has 2 atom stereocenters. The van der Waals surface area contributed by atoms with Crippen LogP contribution in [0.25, 0.3) is 0 Å². The predicted molar refractivity (Wildman–Crippen MR) is 114 cm³/mol. The number of carbonyl (C=O) groups is 4. The van der Waals surface area contributed by atoms with E-state index in [9.17, 15) is 19.2 Å². The second-order valence-corrected chi connectivity index (χ2v) is 6.63. The summed E-state index contributed by atoms with van der Waals surface area (Å²) >= 11 is 0. The first-order valence-corrected chi connectivity index (χ1v) is 9.84. The zero-order valence-corrected chi connectivity index (χ0v) is 18.3. The van der Waals surface area contributed by atoms with Crippen LogP contribution in [0.3, 0.4) is 0 Å². The molecule has 0 unspecified atom stereocenters. The van der Waals surface area contributed by atoms with Gasteiger partial charge in [0.25, 0.3) is 5.91 Å². The van der Waals surface area contributed by atoms with Crippen molar-refractivity contribution < 1.29 is 33.4 Å². The Hall–Kier alpha value is -3.36. The van der Waals surface area contributed by atoms with Crippen LogP contribution in [-0.2, 0) is 28.6 Å². The van der Waals surface area contributed by atoms with Gasteiger partial charge in [0.15, 0.2) is 0 Å². The lowest BCUT2D eigenvalue weighted by atomic mass is 10.0. The van der Waals surface area contributed by atoms with Gasteiger partial charge in [-0.15, -0.1) is 0 Å². The van der Waals surface area contributed by atoms with Gasteiger partial charge in [0, 0.05) is 24.7 Å². The molecule has 0 bridgehead atoms. The second kappa shape index (κ2) is 13.8. The van der Waals surface area contributed by atoms with E-state index < -0.39 is 35.8 Å². The Kier molecular flexibility index (Phi) is 11.4. The molecule has 0 fully saturated rings. The van der Waals surface area contributed by atoms with E-state index in [0.717, 1.165) is 5.69 Å². The number of hydrogen-bond acceptors (Lipinski definition) is 8. The number of ether oxygens (including phenoxy) is 3. The van der Waals surface area contributed by atoms with Gasteiger partial charge >= 0.3 is 17.9 Å². The first-order chi connectivity index (χ1) is 14.9. The fourth-order valence-corrected chi connectivity index (χ4v) is 2.76. The zero-order valence-electron chi connectivity index (χ0n) is 18.3. The summed E-state index contributed by atoms with van der Waals surface area (Å²) in [5.41, 5.74) is 1.27. The highest BCUT2D eigenvalue weighted by Gasteiger charge is 2.22. The molecule has 31 heavy (non-hydrogen) atoms. The van der Waals surface area contributed by atoms with Crippen LogP contribution in [0.15, 0.2) is 36.4 Å². The molecule has 0 saturated carbocycles. The molecule has 0 heterocycles. The largest absolute Gasteiger partial charge is 0.469 e. The van der Waals surface area contributed by atoms with Crippen molar-refractivity contribution in [2.45, 2.75) is 31.7 Å². The van der Waals surface area contributed by atoms with Gasteiger partial charge in [0.2, 0.25) is 0 Å². The second-order valence-electron chi connectivity index (χ2n) is 6.63. The van der Waals surface area contributed by atoms with Crippen molar-refractivity contribution >= 4 is 29.5 Å². The van der Waals surface area contributed by atoms with E-state index in [4.69, 9.17) is 9.47 Å². The zero-order chi connectivity index (χ0) is 23.2. The molecule has 1 rings (SSSR count). The summed E-state index contributed by atoms with van der Waals surface area (Å²) in [6, 6.07) is 5.96. The average molecular weight is 434 g/mol. The quantitative estimate of drug-likeness (QED) is 0.291. The Morgan fingerprint density at radius 2 is 1.58 bits per heavy atom. The van der Waals surface area contributed by atoms with E-state index in [1.165, 1.54) is 21.3 Å². The van der Waals surface area contributed by atoms with Crippen molar-refractivity contribution in [1.29, 1.82) is 0 Å². The maximum Gasteiger partial charge on any atom is 0.328 e. The third kappa shape index (κ3) is 8.90. The van der Waals surface area contributed by atoms with E-state index in [1.807, 2.05) is 0 Å². The molecule has 1 amide bonds. The Labute approximate surface area is 182 Å². The molecule has 1 aromatic carbocycles. The number of benzene rings is 1. The molecule has 9 nitrogen and oxygen atoms in total. The van der Waals surface area contributed by atoms with Gasteiger partial charge in [-0.1, -0.05) is 12.2 Å². The number of carbonyl (C=O) groups excluding carboxylic acids is 4. The minimum atomic E-state index is -0.849. The Morgan fingerprint density at radius 1 is 0.935 bits per heavy atom. The normalized spacial score (nSPS) is 12.5. The van der Waals surface area contributed by atoms with E-state index >= 15 is 0 Å². The van der Waals surface area contributed by atoms with Crippen molar-refractivity contribution in [3.8, 4) is 0 Å². The fraction of sp³-hybridized carbons (Fsp3) is 0.455. The molecule has 1 aromatic rings. The highest BCUT2D eigenvalue weighted by Crippen LogP contribution is 2.13. The first-order valence-electron chi connectivity index (χ1n) is 9.84. The molecule has 0 aliphatic rings. The number of esters is 3. The van der Waals surface area contributed by atoms with Crippen molar-refractivity contribution in [3.63, 3.8) is 0 Å². The summed E-state index contributed by atoms with van der Waals surface area (Å²) in [5, 5.41) is 5.63. The molecule has 9 heteroatoms. The van der Waals surface area contributed by atoms with Gasteiger partial charge in [-0.05, 0) is 43.5 Å². The number of allylic oxidation sites excluding steroid dienone is 1. The minimum absolute atomic E-state index is 0.0772. The highest BCUT2D eigenvalue weighted by molar-refractivity contribution is 5.97. The van der Waals surface area contributed by atoms with Crippen LogP contribution in [0.2, 0.25) is 0 Å². The van der Waals surface area contributed by atoms with Crippen LogP contribution in [0.1, 0.15) is 36.0 Å². The van der Waals surface area contributed by atoms with Crippen LogP contribution in [-0.4, -0.2) is 58.2 Å². The van der Waals surface area contributed by atoms with Crippen LogP contribution < -0.4 is 10.6 Å². The molecule has 0 aliphatic carbocycles. The molecule has 0 radical (unpaired) electrons. The predicted octanol–water partition coefficient (Wildman–Crippen LogP) is 2.08. The maximum atomic E-state index is 12.5. The van der Waals surface area contributed by atoms with Gasteiger partial charge < -0.3 is 24.8 Å². The van der Waals surface area contributed by atoms with Gasteiger partial charge in [-0.2, -0.15) is 0 Å². The average Bonchev–Trinajstić information content (AvgIpc) is 2.81. The SMILES string of the molecule is CNc1ccc(C(=O)N[C@@H](CC/C=C/[C@H](CCC(=O)OC)C(=O)OC)C(=O)OC)cc1. The summed E-state index contributed by atoms with van der Waals surface area (Å²) in [7, 11) is 5.57. The summed E-state index contributed by atoms with van der Waals surface area (Å²) in [5.74, 6) is -2.46. The number of methoxy groups -OCH3 is 3. The lowest BCUT2D eigenvalue weighted by Crippen LogP contribution is -2.41. The summed E-state index contributed by atoms with van der Waals surface area (Å²) in [4.78, 5) is 47.7. The highest BCUT2D eigenvalue weighted by atomic mass is 16.5. The third-order valence-electron chi connectivity index (χ3n) is 4.61. The lowest BCUT2D eigenvalue weighted by molar-refractivity contribution is -0.145. The van der Waals surface area contributed by atoms with Gasteiger partial charge in [-0.3, -0.25) is 14.4 Å². The monoisotopic (exact) mass is 434 g/mol. The van der Waals surface area contributed by atoms with Crippen LogP contribution in [0.4, 0.5) is 5.69 Å². The van der Waals surface area contributed by atoms with Gasteiger partial charge in [-0.25, -0.2) is 4.79 Å². The number of anilines is 1. The Balaban J connectivity index is 2.71. The van der Waals surface area contributed by atoms with E-state index in [2.05, 4.69) is 15.4 Å². The van der Waals surface area contributed by atoms with Crippen LogP contribution in [0.5, 0.6) is 0 Å². The number of rotatable bonds is 12. The molecule has 0 spiro atoms. The van der Waals surface area contributed by atoms with E-state index in [0.29, 0.717) is 12.0 Å². The Morgan fingerprint density at radius 3 is 2.13 bits per heavy atom. The molecule has 2 N–H and O–H groups in total. The topological polar surface area (TPSA) is 120 Å². The third-order valence-corrected chi connectivity index (χ3v) is 4.61. The van der Waals surface area contributed by atoms with Crippen molar-refractivity contribution in [2.75, 3.05) is 33.7 Å². The lowest BCUT2D eigenvalue weighted by Gasteiger charge is -2.16. The summed E-state index contributed by atoms with van der Waals surface area (Å²) < 4.78 is 14.1. The molecule has 0 saturated heterocycles. The molecular weight excluding hydrogens is 404 g/mol. The number of nitrogens with one attached hydrogen (secondary N) is 2. The standard InChI is InChI=1S/C22H30N2O7/c1-23-17-12-9-15(10-13-17)20(26)24-18(22(28)31-4)8-6-5-7-16(21(27)30-3)11-14-19(25)29-2/h5,7,9-10,12-13,16,18,23H,6,8,11,14H2,1-4H3,(H,24,26)/b7-5+/t16-,18+/m1/s1. The molecular formula is C22H30N2O7. The van der Waals surface area contributed by atoms with Crippen molar-refractivity contribution in [3.05, 3.63) is 42.0 Å². The van der Waals surface area contributed by atoms with Gasteiger partial charge in [0.05, 0.1) is 27.2 Å². The molecule has 0 aromatic heterocycles. The minimum Gasteiger partial charge on any atom is -0.469 e. The summed E-state index contributed by atoms with van der Waals surface area (Å²) in [6.45, 7) is 0. The van der Waals surface area contributed by atoms with E-state index in [-0.39, 0.29) is 19.3 Å². The summed E-state index contributed by atoms with van der Waals surface area (Å²) in [6.07, 6.45) is 4.33. The van der Waals surface area contributed by atoms with Crippen LogP contribution in [0, 0.1) is 5.92 Å². The number of amides is 1. The molecule has 0 aliphatic heterocycles. The van der Waals surface area contributed by atoms with E-state index in [1.54, 1.807) is 43.5 Å². The van der Waals surface area contributed by atoms with Gasteiger partial charge in [0.1, 0.15) is 6.04 Å². The molecule has 170 valence electrons.